The zero-order chi connectivity index (χ0) is 23.0. The Labute approximate surface area is 205 Å². The molecule has 4 rings (SSSR count). The fourth-order valence-electron chi connectivity index (χ4n) is 4.27. The van der Waals surface area contributed by atoms with E-state index in [0.29, 0.717) is 16.8 Å². The van der Waals surface area contributed by atoms with Crippen LogP contribution in [0.5, 0.6) is 5.75 Å². The standard InChI is InChI=1S/C26H31N3O2S2/c1-2-3-7-18-10-15-22-23(16-18)33-26(27-22)29-25(32)28-24(30)17-31-21-13-11-20(12-14-21)19-8-5-4-6-9-19/h10-16,19H,2-9,17H2,1H3,(H2,27,28,29,30,32). The number of fused-ring (bicyclic) bond motifs is 1. The van der Waals surface area contributed by atoms with E-state index in [1.54, 1.807) is 0 Å². The van der Waals surface area contributed by atoms with Gasteiger partial charge in [-0.1, -0.05) is 62.1 Å². The van der Waals surface area contributed by atoms with Gasteiger partial charge >= 0.3 is 0 Å². The molecule has 0 atom stereocenters. The van der Waals surface area contributed by atoms with Crippen LogP contribution in [-0.2, 0) is 11.2 Å². The normalized spacial score (nSPS) is 14.2. The molecule has 1 fully saturated rings. The highest BCUT2D eigenvalue weighted by Gasteiger charge is 2.15. The topological polar surface area (TPSA) is 63.2 Å². The lowest BCUT2D eigenvalue weighted by molar-refractivity contribution is -0.121. The minimum atomic E-state index is -0.299. The number of hydrogen-bond acceptors (Lipinski definition) is 5. The van der Waals surface area contributed by atoms with Crippen molar-refractivity contribution >= 4 is 49.9 Å². The van der Waals surface area contributed by atoms with Crippen LogP contribution >= 0.6 is 23.6 Å². The highest BCUT2D eigenvalue weighted by molar-refractivity contribution is 7.80. The Balaban J connectivity index is 1.24. The average Bonchev–Trinajstić information content (AvgIpc) is 3.23. The number of ether oxygens (including phenoxy) is 1. The Morgan fingerprint density at radius 2 is 1.94 bits per heavy atom. The van der Waals surface area contributed by atoms with E-state index in [0.717, 1.165) is 16.6 Å². The van der Waals surface area contributed by atoms with Crippen LogP contribution in [0.25, 0.3) is 10.2 Å². The van der Waals surface area contributed by atoms with Gasteiger partial charge in [0.1, 0.15) is 5.75 Å². The highest BCUT2D eigenvalue weighted by atomic mass is 32.1. The summed E-state index contributed by atoms with van der Waals surface area (Å²) in [6, 6.07) is 14.5. The third kappa shape index (κ3) is 6.74. The number of carbonyl (C=O) groups excluding carboxylic acids is 1. The summed E-state index contributed by atoms with van der Waals surface area (Å²) in [5.41, 5.74) is 3.61. The highest BCUT2D eigenvalue weighted by Crippen LogP contribution is 2.33. The first kappa shape index (κ1) is 23.6. The number of thiazole rings is 1. The van der Waals surface area contributed by atoms with Crippen molar-refractivity contribution in [2.45, 2.75) is 64.2 Å². The van der Waals surface area contributed by atoms with Crippen LogP contribution in [0, 0.1) is 0 Å². The zero-order valence-electron chi connectivity index (χ0n) is 19.1. The first-order valence-electron chi connectivity index (χ1n) is 11.8. The maximum Gasteiger partial charge on any atom is 0.264 e. The summed E-state index contributed by atoms with van der Waals surface area (Å²) in [4.78, 5) is 16.8. The second kappa shape index (κ2) is 11.6. The van der Waals surface area contributed by atoms with Crippen molar-refractivity contribution in [3.63, 3.8) is 0 Å². The number of nitrogens with one attached hydrogen (secondary N) is 2. The van der Waals surface area contributed by atoms with Gasteiger partial charge in [-0.05, 0) is 79.2 Å². The Bertz CT molecular complexity index is 1090. The van der Waals surface area contributed by atoms with E-state index in [-0.39, 0.29) is 17.6 Å². The van der Waals surface area contributed by atoms with Crippen molar-refractivity contribution in [2.24, 2.45) is 0 Å². The number of carbonyl (C=O) groups is 1. The van der Waals surface area contributed by atoms with Crippen LogP contribution in [0.1, 0.15) is 68.9 Å². The maximum absolute atomic E-state index is 12.3. The molecule has 3 aromatic rings. The number of rotatable bonds is 8. The van der Waals surface area contributed by atoms with Gasteiger partial charge in [0.2, 0.25) is 0 Å². The summed E-state index contributed by atoms with van der Waals surface area (Å²) in [5.74, 6) is 1.05. The van der Waals surface area contributed by atoms with Crippen LogP contribution in [0.2, 0.25) is 0 Å². The van der Waals surface area contributed by atoms with Gasteiger partial charge in [-0.25, -0.2) is 4.98 Å². The van der Waals surface area contributed by atoms with Gasteiger partial charge in [-0.2, -0.15) is 0 Å². The molecule has 0 aliphatic heterocycles. The first-order valence-corrected chi connectivity index (χ1v) is 13.1. The first-order chi connectivity index (χ1) is 16.1. The Hall–Kier alpha value is -2.51. The molecule has 1 saturated carbocycles. The lowest BCUT2D eigenvalue weighted by atomic mass is 9.84. The number of aryl methyl sites for hydroxylation is 1. The molecule has 1 amide bonds. The lowest BCUT2D eigenvalue weighted by Gasteiger charge is -2.22. The van der Waals surface area contributed by atoms with E-state index >= 15 is 0 Å². The number of benzene rings is 2. The third-order valence-corrected chi connectivity index (χ3v) is 7.21. The monoisotopic (exact) mass is 481 g/mol. The minimum Gasteiger partial charge on any atom is -0.484 e. The molecule has 0 spiro atoms. The summed E-state index contributed by atoms with van der Waals surface area (Å²) in [5, 5.41) is 6.58. The Morgan fingerprint density at radius 3 is 2.70 bits per heavy atom. The molecule has 2 N–H and O–H groups in total. The van der Waals surface area contributed by atoms with Crippen LogP contribution in [-0.4, -0.2) is 22.6 Å². The Morgan fingerprint density at radius 1 is 1.15 bits per heavy atom. The second-order valence-corrected chi connectivity index (χ2v) is 10.1. The molecule has 1 aliphatic rings. The number of thiocarbonyl (C=S) groups is 1. The van der Waals surface area contributed by atoms with E-state index < -0.39 is 0 Å². The van der Waals surface area contributed by atoms with Gasteiger partial charge in [-0.3, -0.25) is 10.1 Å². The molecule has 33 heavy (non-hydrogen) atoms. The van der Waals surface area contributed by atoms with E-state index in [1.165, 1.54) is 67.4 Å². The summed E-state index contributed by atoms with van der Waals surface area (Å²) < 4.78 is 6.75. The molecule has 5 nitrogen and oxygen atoms in total. The quantitative estimate of drug-likeness (QED) is 0.356. The second-order valence-electron chi connectivity index (χ2n) is 8.62. The molecule has 2 aromatic carbocycles. The van der Waals surface area contributed by atoms with Crippen molar-refractivity contribution in [2.75, 3.05) is 11.9 Å². The molecule has 0 bridgehead atoms. The van der Waals surface area contributed by atoms with Gasteiger partial charge < -0.3 is 10.1 Å². The summed E-state index contributed by atoms with van der Waals surface area (Å²) in [7, 11) is 0. The van der Waals surface area contributed by atoms with Crippen molar-refractivity contribution in [1.82, 2.24) is 10.3 Å². The fraction of sp³-hybridized carbons (Fsp3) is 0.423. The van der Waals surface area contributed by atoms with Crippen LogP contribution < -0.4 is 15.4 Å². The molecule has 0 unspecified atom stereocenters. The third-order valence-electron chi connectivity index (χ3n) is 6.07. The van der Waals surface area contributed by atoms with Crippen molar-refractivity contribution in [3.05, 3.63) is 53.6 Å². The van der Waals surface area contributed by atoms with Crippen molar-refractivity contribution < 1.29 is 9.53 Å². The lowest BCUT2D eigenvalue weighted by Crippen LogP contribution is -2.37. The number of hydrogen-bond donors (Lipinski definition) is 2. The largest absolute Gasteiger partial charge is 0.484 e. The van der Waals surface area contributed by atoms with E-state index in [2.05, 4.69) is 46.8 Å². The molecule has 1 aliphatic carbocycles. The number of anilines is 1. The molecule has 0 radical (unpaired) electrons. The Kier molecular flexibility index (Phi) is 8.29. The van der Waals surface area contributed by atoms with Gasteiger partial charge in [-0.15, -0.1) is 0 Å². The molecular formula is C26H31N3O2S2. The summed E-state index contributed by atoms with van der Waals surface area (Å²) in [6.07, 6.45) is 9.94. The number of unbranched alkanes of at least 4 members (excludes halogenated alkanes) is 1. The maximum atomic E-state index is 12.3. The van der Waals surface area contributed by atoms with Gasteiger partial charge in [0.25, 0.3) is 5.91 Å². The van der Waals surface area contributed by atoms with Crippen LogP contribution in [0.4, 0.5) is 5.13 Å². The molecule has 174 valence electrons. The molecule has 1 heterocycles. The fourth-order valence-corrected chi connectivity index (χ4v) is 5.48. The minimum absolute atomic E-state index is 0.0920. The van der Waals surface area contributed by atoms with Gasteiger partial charge in [0.05, 0.1) is 10.2 Å². The van der Waals surface area contributed by atoms with E-state index in [9.17, 15) is 4.79 Å². The zero-order valence-corrected chi connectivity index (χ0v) is 20.7. The molecule has 1 aromatic heterocycles. The van der Waals surface area contributed by atoms with Crippen LogP contribution in [0.15, 0.2) is 42.5 Å². The van der Waals surface area contributed by atoms with Gasteiger partial charge in [0, 0.05) is 0 Å². The van der Waals surface area contributed by atoms with Crippen LogP contribution in [0.3, 0.4) is 0 Å². The summed E-state index contributed by atoms with van der Waals surface area (Å²) in [6.45, 7) is 2.10. The SMILES string of the molecule is CCCCc1ccc2nc(NC(=S)NC(=O)COc3ccc(C4CCCCC4)cc3)sc2c1. The number of amides is 1. The van der Waals surface area contributed by atoms with Crippen molar-refractivity contribution in [1.29, 1.82) is 0 Å². The van der Waals surface area contributed by atoms with Gasteiger partial charge in [0.15, 0.2) is 16.9 Å². The van der Waals surface area contributed by atoms with Crippen molar-refractivity contribution in [3.8, 4) is 5.75 Å². The van der Waals surface area contributed by atoms with E-state index in [4.69, 9.17) is 17.0 Å². The smallest absolute Gasteiger partial charge is 0.264 e. The average molecular weight is 482 g/mol. The summed E-state index contributed by atoms with van der Waals surface area (Å²) >= 11 is 6.82. The molecule has 0 saturated heterocycles. The predicted molar refractivity (Wildman–Crippen MR) is 140 cm³/mol. The number of nitrogens with zero attached hydrogens (tertiary/aromatic N) is 1. The molecule has 7 heteroatoms. The van der Waals surface area contributed by atoms with E-state index in [1.807, 2.05) is 18.2 Å². The molecular weight excluding hydrogens is 450 g/mol. The predicted octanol–water partition coefficient (Wildman–Crippen LogP) is 6.58. The number of aromatic nitrogens is 1.